The van der Waals surface area contributed by atoms with Crippen LogP contribution in [-0.2, 0) is 19.7 Å². The van der Waals surface area contributed by atoms with Gasteiger partial charge in [-0.2, -0.15) is 12.7 Å². The molecule has 3 heterocycles. The van der Waals surface area contributed by atoms with Gasteiger partial charge in [0, 0.05) is 25.3 Å². The number of hydrogen-bond donors (Lipinski definition) is 1. The molecule has 3 saturated heterocycles. The zero-order chi connectivity index (χ0) is 24.8. The Morgan fingerprint density at radius 3 is 2.54 bits per heavy atom. The van der Waals surface area contributed by atoms with Crippen LogP contribution in [0.25, 0.3) is 0 Å². The van der Waals surface area contributed by atoms with Crippen LogP contribution >= 0.6 is 0 Å². The number of aryl methyl sites for hydroxylation is 2. The molecule has 1 N–H and O–H groups in total. The fourth-order valence-corrected chi connectivity index (χ4v) is 6.49. The number of nitrogens with zero attached hydrogens (tertiary/aromatic N) is 2. The van der Waals surface area contributed by atoms with Gasteiger partial charge in [0.25, 0.3) is 5.91 Å². The number of anilines is 1. The molecule has 2 aromatic carbocycles. The third-order valence-electron chi connectivity index (χ3n) is 7.14. The highest BCUT2D eigenvalue weighted by molar-refractivity contribution is 7.90. The van der Waals surface area contributed by atoms with Crippen LogP contribution in [0.4, 0.5) is 5.69 Å². The van der Waals surface area contributed by atoms with Crippen molar-refractivity contribution in [2.24, 2.45) is 0 Å². The van der Waals surface area contributed by atoms with E-state index in [1.807, 2.05) is 32.0 Å². The normalized spacial score (nSPS) is 23.6. The number of methoxy groups -OCH3 is 1. The van der Waals surface area contributed by atoms with E-state index in [0.29, 0.717) is 49.8 Å². The van der Waals surface area contributed by atoms with Gasteiger partial charge in [-0.1, -0.05) is 23.8 Å². The summed E-state index contributed by atoms with van der Waals surface area (Å²) < 4.78 is 47.0. The minimum atomic E-state index is -3.69. The van der Waals surface area contributed by atoms with Crippen molar-refractivity contribution < 1.29 is 27.4 Å². The Hall–Kier alpha value is -2.66. The van der Waals surface area contributed by atoms with Crippen LogP contribution in [0.15, 0.2) is 42.5 Å². The number of ether oxygens (including phenoxy) is 3. The lowest BCUT2D eigenvalue weighted by Crippen LogP contribution is -2.72. The summed E-state index contributed by atoms with van der Waals surface area (Å²) in [5, 5.41) is 0. The van der Waals surface area contributed by atoms with Gasteiger partial charge in [0.2, 0.25) is 0 Å². The molecular weight excluding hydrogens is 470 g/mol. The third kappa shape index (κ3) is 4.51. The van der Waals surface area contributed by atoms with E-state index in [2.05, 4.69) is 4.72 Å². The number of likely N-dealkylation sites (tertiary alicyclic amines) is 1. The van der Waals surface area contributed by atoms with E-state index in [4.69, 9.17) is 14.2 Å². The fraction of sp³-hybridized carbons (Fsp3) is 0.480. The molecule has 0 radical (unpaired) electrons. The first-order valence-electron chi connectivity index (χ1n) is 11.8. The lowest BCUT2D eigenvalue weighted by Gasteiger charge is -2.55. The Bertz CT molecular complexity index is 1220. The van der Waals surface area contributed by atoms with Gasteiger partial charge in [-0.15, -0.1) is 0 Å². The number of carbonyl (C=O) groups excluding carboxylic acids is 1. The highest BCUT2D eigenvalue weighted by Crippen LogP contribution is 2.40. The largest absolute Gasteiger partial charge is 0.486 e. The first kappa shape index (κ1) is 24.1. The van der Waals surface area contributed by atoms with Gasteiger partial charge in [0.15, 0.2) is 0 Å². The molecule has 0 saturated carbocycles. The Morgan fingerprint density at radius 2 is 1.89 bits per heavy atom. The second-order valence-electron chi connectivity index (χ2n) is 9.63. The zero-order valence-electron chi connectivity index (χ0n) is 20.2. The molecule has 1 spiro atoms. The molecule has 3 fully saturated rings. The molecule has 1 amide bonds. The number of carbonyl (C=O) groups is 1. The molecule has 3 aliphatic heterocycles. The standard InChI is InChI=1S/C25H31N3O6S/c1-17-7-8-18(2)21(11-17)24(29)27-13-22(32-3)23(14-27)34-20-6-4-5-19(12-20)26-35(30,31)28-10-9-25(28)15-33-16-25/h4-8,11-12,22-23,26H,9-10,13-16H2,1-3H3. The van der Waals surface area contributed by atoms with Crippen LogP contribution in [0.2, 0.25) is 0 Å². The molecule has 3 aliphatic rings. The number of benzene rings is 2. The monoisotopic (exact) mass is 501 g/mol. The average molecular weight is 502 g/mol. The molecule has 10 heteroatoms. The van der Waals surface area contributed by atoms with Gasteiger partial charge in [0.05, 0.1) is 37.5 Å². The lowest BCUT2D eigenvalue weighted by molar-refractivity contribution is -0.156. The minimum Gasteiger partial charge on any atom is -0.486 e. The van der Waals surface area contributed by atoms with Gasteiger partial charge < -0.3 is 19.1 Å². The average Bonchev–Trinajstić information content (AvgIpc) is 3.15. The van der Waals surface area contributed by atoms with Gasteiger partial charge in [-0.05, 0) is 44.0 Å². The van der Waals surface area contributed by atoms with E-state index >= 15 is 0 Å². The highest BCUT2D eigenvalue weighted by atomic mass is 32.2. The Morgan fingerprint density at radius 1 is 1.11 bits per heavy atom. The van der Waals surface area contributed by atoms with Crippen LogP contribution < -0.4 is 9.46 Å². The summed E-state index contributed by atoms with van der Waals surface area (Å²) in [7, 11) is -2.09. The van der Waals surface area contributed by atoms with Gasteiger partial charge in [-0.3, -0.25) is 9.52 Å². The second kappa shape index (κ2) is 9.09. The van der Waals surface area contributed by atoms with Crippen molar-refractivity contribution >= 4 is 21.8 Å². The maximum atomic E-state index is 13.2. The number of nitrogens with one attached hydrogen (secondary N) is 1. The van der Waals surface area contributed by atoms with Crippen LogP contribution in [0.3, 0.4) is 0 Å². The van der Waals surface area contributed by atoms with E-state index in [-0.39, 0.29) is 23.7 Å². The molecule has 2 aromatic rings. The topological polar surface area (TPSA) is 97.4 Å². The van der Waals surface area contributed by atoms with Crippen LogP contribution in [0, 0.1) is 13.8 Å². The molecular formula is C25H31N3O6S. The summed E-state index contributed by atoms with van der Waals surface area (Å²) >= 11 is 0. The Kier molecular flexibility index (Phi) is 6.25. The fourth-order valence-electron chi connectivity index (χ4n) is 4.92. The van der Waals surface area contributed by atoms with E-state index in [1.54, 1.807) is 36.3 Å². The SMILES string of the molecule is COC1CN(C(=O)c2cc(C)ccc2C)CC1Oc1cccc(NS(=O)(=O)N2CCC23COC3)c1. The molecule has 5 rings (SSSR count). The van der Waals surface area contributed by atoms with Crippen molar-refractivity contribution in [2.45, 2.75) is 38.0 Å². The summed E-state index contributed by atoms with van der Waals surface area (Å²) in [6.45, 7) is 6.04. The summed E-state index contributed by atoms with van der Waals surface area (Å²) in [6.07, 6.45) is 0.129. The van der Waals surface area contributed by atoms with E-state index in [1.165, 1.54) is 4.31 Å². The van der Waals surface area contributed by atoms with Gasteiger partial charge in [0.1, 0.15) is 18.0 Å². The summed E-state index contributed by atoms with van der Waals surface area (Å²) in [5.74, 6) is 0.452. The third-order valence-corrected chi connectivity index (χ3v) is 8.78. The number of amides is 1. The second-order valence-corrected chi connectivity index (χ2v) is 11.2. The van der Waals surface area contributed by atoms with Crippen LogP contribution in [0.5, 0.6) is 5.75 Å². The molecule has 0 aliphatic carbocycles. The van der Waals surface area contributed by atoms with Crippen molar-refractivity contribution in [1.29, 1.82) is 0 Å². The predicted octanol–water partition coefficient (Wildman–Crippen LogP) is 2.35. The summed E-state index contributed by atoms with van der Waals surface area (Å²) in [4.78, 5) is 14.9. The first-order valence-corrected chi connectivity index (χ1v) is 13.2. The van der Waals surface area contributed by atoms with Crippen molar-refractivity contribution in [3.05, 3.63) is 59.2 Å². The van der Waals surface area contributed by atoms with Crippen molar-refractivity contribution in [2.75, 3.05) is 44.7 Å². The maximum absolute atomic E-state index is 13.2. The predicted molar refractivity (Wildman–Crippen MR) is 131 cm³/mol. The van der Waals surface area contributed by atoms with Crippen molar-refractivity contribution in [3.63, 3.8) is 0 Å². The highest BCUT2D eigenvalue weighted by Gasteiger charge is 2.56. The quantitative estimate of drug-likeness (QED) is 0.626. The van der Waals surface area contributed by atoms with E-state index in [9.17, 15) is 13.2 Å². The number of hydrogen-bond acceptors (Lipinski definition) is 6. The maximum Gasteiger partial charge on any atom is 0.302 e. The van der Waals surface area contributed by atoms with Crippen LogP contribution in [0.1, 0.15) is 27.9 Å². The molecule has 9 nitrogen and oxygen atoms in total. The van der Waals surface area contributed by atoms with E-state index in [0.717, 1.165) is 17.5 Å². The molecule has 188 valence electrons. The molecule has 2 atom stereocenters. The smallest absolute Gasteiger partial charge is 0.302 e. The minimum absolute atomic E-state index is 0.0516. The first-order chi connectivity index (χ1) is 16.7. The zero-order valence-corrected chi connectivity index (χ0v) is 21.0. The van der Waals surface area contributed by atoms with Gasteiger partial charge >= 0.3 is 10.2 Å². The molecule has 0 aromatic heterocycles. The summed E-state index contributed by atoms with van der Waals surface area (Å²) in [6, 6.07) is 12.7. The lowest BCUT2D eigenvalue weighted by atomic mass is 9.86. The van der Waals surface area contributed by atoms with Crippen molar-refractivity contribution in [1.82, 2.24) is 9.21 Å². The molecule has 2 unspecified atom stereocenters. The molecule has 0 bridgehead atoms. The Labute approximate surface area is 206 Å². The Balaban J connectivity index is 1.27. The van der Waals surface area contributed by atoms with Gasteiger partial charge in [-0.25, -0.2) is 0 Å². The van der Waals surface area contributed by atoms with Crippen LogP contribution in [-0.4, -0.2) is 81.2 Å². The van der Waals surface area contributed by atoms with E-state index < -0.39 is 10.2 Å². The molecule has 35 heavy (non-hydrogen) atoms. The van der Waals surface area contributed by atoms with Crippen molar-refractivity contribution in [3.8, 4) is 5.75 Å². The number of rotatable bonds is 7. The summed E-state index contributed by atoms with van der Waals surface area (Å²) in [5.41, 5.74) is 2.66.